The van der Waals surface area contributed by atoms with E-state index in [1.54, 1.807) is 6.08 Å². The van der Waals surface area contributed by atoms with E-state index < -0.39 is 0 Å². The number of unbranched alkanes of at least 4 members (excludes halogenated alkanes) is 1. The molecule has 0 saturated carbocycles. The third kappa shape index (κ3) is 6.05. The molecule has 25 heavy (non-hydrogen) atoms. The molecule has 132 valence electrons. The zero-order chi connectivity index (χ0) is 18.1. The molecule has 1 amide bonds. The van der Waals surface area contributed by atoms with Crippen molar-refractivity contribution in [1.82, 2.24) is 0 Å². The molecule has 0 aliphatic heterocycles. The van der Waals surface area contributed by atoms with Crippen molar-refractivity contribution in [3.05, 3.63) is 64.1 Å². The van der Waals surface area contributed by atoms with Gasteiger partial charge < -0.3 is 10.1 Å². The Bertz CT molecular complexity index is 740. The number of benzene rings is 2. The average Bonchev–Trinajstić information content (AvgIpc) is 2.62. The summed E-state index contributed by atoms with van der Waals surface area (Å²) < 4.78 is 6.67. The van der Waals surface area contributed by atoms with Gasteiger partial charge in [-0.2, -0.15) is 0 Å². The van der Waals surface area contributed by atoms with E-state index in [0.29, 0.717) is 6.61 Å². The van der Waals surface area contributed by atoms with Crippen molar-refractivity contribution in [3.63, 3.8) is 0 Å². The molecule has 2 rings (SSSR count). The van der Waals surface area contributed by atoms with Gasteiger partial charge >= 0.3 is 0 Å². The van der Waals surface area contributed by atoms with E-state index in [2.05, 4.69) is 35.1 Å². The normalized spacial score (nSPS) is 10.8. The Kier molecular flexibility index (Phi) is 7.74. The van der Waals surface area contributed by atoms with Crippen molar-refractivity contribution in [2.45, 2.75) is 33.1 Å². The number of hydrogen-bond acceptors (Lipinski definition) is 2. The number of carbonyl (C=O) groups excluding carboxylic acids is 1. The topological polar surface area (TPSA) is 38.3 Å². The van der Waals surface area contributed by atoms with Crippen LogP contribution < -0.4 is 10.1 Å². The standard InChI is InChI=1S/C21H24BrNO2/c1-3-5-14-25-20-9-7-6-8-17(20)11-13-21(24)23-19-12-10-16(4-2)15-18(19)22/h6-13,15H,3-5,14H2,1-2H3,(H,23,24)/b13-11+. The van der Waals surface area contributed by atoms with Gasteiger partial charge in [0, 0.05) is 16.1 Å². The maximum atomic E-state index is 12.2. The fraction of sp³-hybridized carbons (Fsp3) is 0.286. The fourth-order valence-electron chi connectivity index (χ4n) is 2.30. The molecule has 4 heteroatoms. The van der Waals surface area contributed by atoms with Gasteiger partial charge in [-0.25, -0.2) is 0 Å². The zero-order valence-corrected chi connectivity index (χ0v) is 16.3. The minimum atomic E-state index is -0.173. The molecule has 0 saturated heterocycles. The van der Waals surface area contributed by atoms with Crippen molar-refractivity contribution < 1.29 is 9.53 Å². The second-order valence-electron chi connectivity index (χ2n) is 5.73. The molecule has 0 aliphatic carbocycles. The Morgan fingerprint density at radius 3 is 2.72 bits per heavy atom. The number of rotatable bonds is 8. The quantitative estimate of drug-likeness (QED) is 0.445. The monoisotopic (exact) mass is 401 g/mol. The van der Waals surface area contributed by atoms with Crippen LogP contribution in [0.5, 0.6) is 5.75 Å². The SMILES string of the molecule is CCCCOc1ccccc1/C=C/C(=O)Nc1ccc(CC)cc1Br. The number of nitrogens with one attached hydrogen (secondary N) is 1. The van der Waals surface area contributed by atoms with Gasteiger partial charge in [-0.15, -0.1) is 0 Å². The summed E-state index contributed by atoms with van der Waals surface area (Å²) in [7, 11) is 0. The molecule has 0 unspecified atom stereocenters. The second kappa shape index (κ2) is 10.0. The molecule has 0 atom stereocenters. The third-order valence-electron chi connectivity index (χ3n) is 3.79. The van der Waals surface area contributed by atoms with Gasteiger partial charge in [0.15, 0.2) is 0 Å². The molecule has 0 heterocycles. The summed E-state index contributed by atoms with van der Waals surface area (Å²) in [6.07, 6.45) is 6.38. The first-order valence-corrected chi connectivity index (χ1v) is 9.42. The largest absolute Gasteiger partial charge is 0.493 e. The summed E-state index contributed by atoms with van der Waals surface area (Å²) in [6, 6.07) is 13.7. The predicted molar refractivity (Wildman–Crippen MR) is 108 cm³/mol. The number of anilines is 1. The van der Waals surface area contributed by atoms with Crippen molar-refractivity contribution >= 4 is 33.6 Å². The first kappa shape index (κ1) is 19.3. The molecule has 0 bridgehead atoms. The number of carbonyl (C=O) groups is 1. The Hall–Kier alpha value is -2.07. The molecular weight excluding hydrogens is 378 g/mol. The molecule has 2 aromatic rings. The van der Waals surface area contributed by atoms with Gasteiger partial charge in [-0.1, -0.05) is 44.5 Å². The molecule has 0 fully saturated rings. The first-order valence-electron chi connectivity index (χ1n) is 8.63. The number of aryl methyl sites for hydroxylation is 1. The summed E-state index contributed by atoms with van der Waals surface area (Å²) in [5, 5.41) is 2.89. The van der Waals surface area contributed by atoms with E-state index in [1.165, 1.54) is 11.6 Å². The highest BCUT2D eigenvalue weighted by atomic mass is 79.9. The highest BCUT2D eigenvalue weighted by Crippen LogP contribution is 2.24. The maximum Gasteiger partial charge on any atom is 0.248 e. The van der Waals surface area contributed by atoms with Crippen LogP contribution >= 0.6 is 15.9 Å². The third-order valence-corrected chi connectivity index (χ3v) is 4.44. The lowest BCUT2D eigenvalue weighted by molar-refractivity contribution is -0.111. The van der Waals surface area contributed by atoms with Crippen LogP contribution in [0, 0.1) is 0 Å². The summed E-state index contributed by atoms with van der Waals surface area (Å²) in [5.74, 6) is 0.627. The zero-order valence-electron chi connectivity index (χ0n) is 14.7. The summed E-state index contributed by atoms with van der Waals surface area (Å²) >= 11 is 3.50. The van der Waals surface area contributed by atoms with Gasteiger partial charge in [-0.3, -0.25) is 4.79 Å². The minimum absolute atomic E-state index is 0.173. The molecule has 0 aromatic heterocycles. The van der Waals surface area contributed by atoms with Crippen LogP contribution in [-0.2, 0) is 11.2 Å². The van der Waals surface area contributed by atoms with E-state index in [9.17, 15) is 4.79 Å². The second-order valence-corrected chi connectivity index (χ2v) is 6.58. The Morgan fingerprint density at radius 2 is 2.00 bits per heavy atom. The Morgan fingerprint density at radius 1 is 1.20 bits per heavy atom. The van der Waals surface area contributed by atoms with Gasteiger partial charge in [-0.05, 0) is 58.6 Å². The molecule has 0 aliphatic rings. The summed E-state index contributed by atoms with van der Waals surface area (Å²) in [4.78, 5) is 12.2. The molecule has 0 spiro atoms. The van der Waals surface area contributed by atoms with Crippen molar-refractivity contribution in [2.24, 2.45) is 0 Å². The van der Waals surface area contributed by atoms with E-state index >= 15 is 0 Å². The van der Waals surface area contributed by atoms with Crippen LogP contribution in [0.25, 0.3) is 6.08 Å². The van der Waals surface area contributed by atoms with Crippen LogP contribution in [-0.4, -0.2) is 12.5 Å². The van der Waals surface area contributed by atoms with Crippen LogP contribution in [0.2, 0.25) is 0 Å². The van der Waals surface area contributed by atoms with Gasteiger partial charge in [0.25, 0.3) is 0 Å². The number of ether oxygens (including phenoxy) is 1. The highest BCUT2D eigenvalue weighted by Gasteiger charge is 2.05. The van der Waals surface area contributed by atoms with Crippen molar-refractivity contribution in [1.29, 1.82) is 0 Å². The molecule has 3 nitrogen and oxygen atoms in total. The minimum Gasteiger partial charge on any atom is -0.493 e. The van der Waals surface area contributed by atoms with Crippen LogP contribution in [0.3, 0.4) is 0 Å². The van der Waals surface area contributed by atoms with Crippen LogP contribution in [0.15, 0.2) is 53.0 Å². The Labute approximate surface area is 158 Å². The number of para-hydroxylation sites is 1. The van der Waals surface area contributed by atoms with Crippen molar-refractivity contribution in [3.8, 4) is 5.75 Å². The van der Waals surface area contributed by atoms with Gasteiger partial charge in [0.2, 0.25) is 5.91 Å². The molecule has 1 N–H and O–H groups in total. The Balaban J connectivity index is 2.03. The van der Waals surface area contributed by atoms with E-state index in [4.69, 9.17) is 4.74 Å². The first-order chi connectivity index (χ1) is 12.1. The molecular formula is C21H24BrNO2. The highest BCUT2D eigenvalue weighted by molar-refractivity contribution is 9.10. The van der Waals surface area contributed by atoms with Gasteiger partial charge in [0.05, 0.1) is 12.3 Å². The van der Waals surface area contributed by atoms with Gasteiger partial charge in [0.1, 0.15) is 5.75 Å². The number of amides is 1. The van der Waals surface area contributed by atoms with Crippen molar-refractivity contribution in [2.75, 3.05) is 11.9 Å². The summed E-state index contributed by atoms with van der Waals surface area (Å²) in [6.45, 7) is 4.91. The lowest BCUT2D eigenvalue weighted by Crippen LogP contribution is -2.08. The number of halogens is 1. The predicted octanol–water partition coefficient (Wildman–Crippen LogP) is 5.84. The lowest BCUT2D eigenvalue weighted by Gasteiger charge is -2.09. The smallest absolute Gasteiger partial charge is 0.248 e. The fourth-order valence-corrected chi connectivity index (χ4v) is 2.82. The van der Waals surface area contributed by atoms with Crippen LogP contribution in [0.1, 0.15) is 37.8 Å². The average molecular weight is 402 g/mol. The molecule has 2 aromatic carbocycles. The summed E-state index contributed by atoms with van der Waals surface area (Å²) in [5.41, 5.74) is 2.88. The van der Waals surface area contributed by atoms with E-state index in [-0.39, 0.29) is 5.91 Å². The maximum absolute atomic E-state index is 12.2. The number of hydrogen-bond donors (Lipinski definition) is 1. The van der Waals surface area contributed by atoms with E-state index in [1.807, 2.05) is 42.5 Å². The van der Waals surface area contributed by atoms with Crippen LogP contribution in [0.4, 0.5) is 5.69 Å². The lowest BCUT2D eigenvalue weighted by atomic mass is 10.1. The van der Waals surface area contributed by atoms with E-state index in [0.717, 1.165) is 40.7 Å². The molecule has 0 radical (unpaired) electrons.